The average molecular weight is 250 g/mol. The molecule has 0 aliphatic carbocycles. The molecule has 4 nitrogen and oxygen atoms in total. The molecule has 0 aliphatic rings. The fourth-order valence-electron chi connectivity index (χ4n) is 1.71. The van der Waals surface area contributed by atoms with E-state index in [4.69, 9.17) is 10.5 Å². The van der Waals surface area contributed by atoms with Gasteiger partial charge in [0.2, 0.25) is 5.91 Å². The Morgan fingerprint density at radius 3 is 2.50 bits per heavy atom. The lowest BCUT2D eigenvalue weighted by molar-refractivity contribution is -0.131. The number of carbonyl (C=O) groups is 1. The zero-order valence-corrected chi connectivity index (χ0v) is 11.2. The molecule has 1 amide bonds. The molecule has 0 fully saturated rings. The molecule has 0 spiro atoms. The molecular formula is C14H22N2O2. The van der Waals surface area contributed by atoms with Crippen LogP contribution in [0.15, 0.2) is 24.3 Å². The van der Waals surface area contributed by atoms with E-state index in [-0.39, 0.29) is 5.91 Å². The zero-order chi connectivity index (χ0) is 13.4. The maximum atomic E-state index is 12.1. The Labute approximate surface area is 109 Å². The third-order valence-electron chi connectivity index (χ3n) is 2.79. The van der Waals surface area contributed by atoms with E-state index in [0.717, 1.165) is 5.56 Å². The summed E-state index contributed by atoms with van der Waals surface area (Å²) in [5, 5.41) is 0. The largest absolute Gasteiger partial charge is 0.383 e. The van der Waals surface area contributed by atoms with Gasteiger partial charge in [-0.3, -0.25) is 4.79 Å². The highest BCUT2D eigenvalue weighted by molar-refractivity contribution is 5.78. The summed E-state index contributed by atoms with van der Waals surface area (Å²) in [5.74, 6) is 0.0985. The van der Waals surface area contributed by atoms with Gasteiger partial charge in [0.25, 0.3) is 0 Å². The van der Waals surface area contributed by atoms with E-state index in [2.05, 4.69) is 0 Å². The third-order valence-corrected chi connectivity index (χ3v) is 2.79. The minimum Gasteiger partial charge on any atom is -0.383 e. The maximum absolute atomic E-state index is 12.1. The predicted octanol–water partition coefficient (Wildman–Crippen LogP) is 0.971. The third kappa shape index (κ3) is 4.85. The molecule has 0 heterocycles. The summed E-state index contributed by atoms with van der Waals surface area (Å²) in [4.78, 5) is 13.9. The molecule has 1 aromatic rings. The van der Waals surface area contributed by atoms with E-state index in [0.29, 0.717) is 32.7 Å². The van der Waals surface area contributed by atoms with Gasteiger partial charge < -0.3 is 15.4 Å². The molecule has 0 unspecified atom stereocenters. The molecule has 1 rings (SSSR count). The Morgan fingerprint density at radius 2 is 1.94 bits per heavy atom. The van der Waals surface area contributed by atoms with Crippen LogP contribution in [-0.2, 0) is 16.0 Å². The molecule has 4 heteroatoms. The van der Waals surface area contributed by atoms with Gasteiger partial charge in [0.05, 0.1) is 13.0 Å². The number of nitrogens with two attached hydrogens (primary N) is 1. The molecule has 0 radical (unpaired) electrons. The van der Waals surface area contributed by atoms with Crippen LogP contribution >= 0.6 is 0 Å². The Balaban J connectivity index is 2.57. The molecule has 100 valence electrons. The summed E-state index contributed by atoms with van der Waals surface area (Å²) in [7, 11) is 1.63. The number of nitrogens with zero attached hydrogens (tertiary/aromatic N) is 1. The molecule has 1 aromatic carbocycles. The first-order valence-corrected chi connectivity index (χ1v) is 6.19. The van der Waals surface area contributed by atoms with Crippen molar-refractivity contribution < 1.29 is 9.53 Å². The molecule has 0 aromatic heterocycles. The van der Waals surface area contributed by atoms with Crippen molar-refractivity contribution in [3.63, 3.8) is 0 Å². The topological polar surface area (TPSA) is 55.6 Å². The monoisotopic (exact) mass is 250 g/mol. The first-order valence-electron chi connectivity index (χ1n) is 6.19. The summed E-state index contributed by atoms with van der Waals surface area (Å²) >= 11 is 0. The summed E-state index contributed by atoms with van der Waals surface area (Å²) in [6.07, 6.45) is 0.421. The number of hydrogen-bond donors (Lipinski definition) is 1. The molecule has 0 aliphatic heterocycles. The quantitative estimate of drug-likeness (QED) is 0.784. The second-order valence-corrected chi connectivity index (χ2v) is 4.32. The minimum atomic E-state index is 0.0985. The highest BCUT2D eigenvalue weighted by Gasteiger charge is 2.12. The first-order chi connectivity index (χ1) is 8.67. The number of hydrogen-bond acceptors (Lipinski definition) is 3. The van der Waals surface area contributed by atoms with Crippen LogP contribution in [0.25, 0.3) is 0 Å². The van der Waals surface area contributed by atoms with Crippen molar-refractivity contribution in [3.05, 3.63) is 35.4 Å². The summed E-state index contributed by atoms with van der Waals surface area (Å²) in [5.41, 5.74) is 7.75. The van der Waals surface area contributed by atoms with Gasteiger partial charge in [0, 0.05) is 26.7 Å². The van der Waals surface area contributed by atoms with Crippen LogP contribution in [0.1, 0.15) is 11.1 Å². The van der Waals surface area contributed by atoms with Crippen LogP contribution in [-0.4, -0.2) is 44.2 Å². The fraction of sp³-hybridized carbons (Fsp3) is 0.500. The van der Waals surface area contributed by atoms with Crippen molar-refractivity contribution in [1.29, 1.82) is 0 Å². The highest BCUT2D eigenvalue weighted by atomic mass is 16.5. The Bertz CT molecular complexity index is 363. The second kappa shape index (κ2) is 7.84. The summed E-state index contributed by atoms with van der Waals surface area (Å²) in [6, 6.07) is 8.02. The van der Waals surface area contributed by atoms with Crippen molar-refractivity contribution in [2.75, 3.05) is 33.4 Å². The lowest BCUT2D eigenvalue weighted by Gasteiger charge is -2.21. The average Bonchev–Trinajstić information content (AvgIpc) is 2.37. The number of amides is 1. The van der Waals surface area contributed by atoms with Gasteiger partial charge in [-0.1, -0.05) is 29.8 Å². The van der Waals surface area contributed by atoms with E-state index in [1.165, 1.54) is 5.56 Å². The molecule has 0 bridgehead atoms. The smallest absolute Gasteiger partial charge is 0.227 e. The molecule has 2 N–H and O–H groups in total. The van der Waals surface area contributed by atoms with E-state index in [1.807, 2.05) is 31.2 Å². The lowest BCUT2D eigenvalue weighted by Crippen LogP contribution is -2.38. The van der Waals surface area contributed by atoms with Crippen LogP contribution in [0.4, 0.5) is 0 Å². The number of benzene rings is 1. The molecule has 0 saturated heterocycles. The van der Waals surface area contributed by atoms with Crippen molar-refractivity contribution in [3.8, 4) is 0 Å². The van der Waals surface area contributed by atoms with E-state index in [9.17, 15) is 4.79 Å². The van der Waals surface area contributed by atoms with Crippen LogP contribution in [0.5, 0.6) is 0 Å². The van der Waals surface area contributed by atoms with Crippen LogP contribution < -0.4 is 5.73 Å². The standard InChI is InChI=1S/C14H22N2O2/c1-12-3-5-13(6-4-12)11-14(17)16(8-7-15)9-10-18-2/h3-6H,7-11,15H2,1-2H3. The Kier molecular flexibility index (Phi) is 6.39. The Hall–Kier alpha value is -1.39. The molecular weight excluding hydrogens is 228 g/mol. The highest BCUT2D eigenvalue weighted by Crippen LogP contribution is 2.06. The number of aryl methyl sites for hydroxylation is 1. The SMILES string of the molecule is COCCN(CCN)C(=O)Cc1ccc(C)cc1. The van der Waals surface area contributed by atoms with Gasteiger partial charge in [-0.05, 0) is 12.5 Å². The van der Waals surface area contributed by atoms with Gasteiger partial charge in [-0.25, -0.2) is 0 Å². The molecule has 0 atom stereocenters. The van der Waals surface area contributed by atoms with Gasteiger partial charge >= 0.3 is 0 Å². The first kappa shape index (κ1) is 14.7. The second-order valence-electron chi connectivity index (χ2n) is 4.32. The Morgan fingerprint density at radius 1 is 1.28 bits per heavy atom. The number of carbonyl (C=O) groups excluding carboxylic acids is 1. The van der Waals surface area contributed by atoms with Gasteiger partial charge in [-0.2, -0.15) is 0 Å². The fourth-order valence-corrected chi connectivity index (χ4v) is 1.71. The summed E-state index contributed by atoms with van der Waals surface area (Å²) in [6.45, 7) is 4.22. The van der Waals surface area contributed by atoms with E-state index in [1.54, 1.807) is 12.0 Å². The van der Waals surface area contributed by atoms with Crippen molar-refractivity contribution in [1.82, 2.24) is 4.90 Å². The van der Waals surface area contributed by atoms with E-state index < -0.39 is 0 Å². The number of methoxy groups -OCH3 is 1. The van der Waals surface area contributed by atoms with Crippen molar-refractivity contribution in [2.24, 2.45) is 5.73 Å². The van der Waals surface area contributed by atoms with Crippen molar-refractivity contribution >= 4 is 5.91 Å². The molecule has 0 saturated carbocycles. The zero-order valence-electron chi connectivity index (χ0n) is 11.2. The van der Waals surface area contributed by atoms with E-state index >= 15 is 0 Å². The van der Waals surface area contributed by atoms with Crippen LogP contribution in [0.2, 0.25) is 0 Å². The minimum absolute atomic E-state index is 0.0985. The van der Waals surface area contributed by atoms with Gasteiger partial charge in [0.15, 0.2) is 0 Å². The van der Waals surface area contributed by atoms with Crippen LogP contribution in [0, 0.1) is 6.92 Å². The van der Waals surface area contributed by atoms with Crippen LogP contribution in [0.3, 0.4) is 0 Å². The number of ether oxygens (including phenoxy) is 1. The maximum Gasteiger partial charge on any atom is 0.227 e. The lowest BCUT2D eigenvalue weighted by atomic mass is 10.1. The van der Waals surface area contributed by atoms with Crippen molar-refractivity contribution in [2.45, 2.75) is 13.3 Å². The van der Waals surface area contributed by atoms with Gasteiger partial charge in [-0.15, -0.1) is 0 Å². The van der Waals surface area contributed by atoms with Gasteiger partial charge in [0.1, 0.15) is 0 Å². The predicted molar refractivity (Wildman–Crippen MR) is 72.4 cm³/mol. The number of rotatable bonds is 7. The molecule has 18 heavy (non-hydrogen) atoms. The normalized spacial score (nSPS) is 10.4. The summed E-state index contributed by atoms with van der Waals surface area (Å²) < 4.78 is 5.00.